The predicted octanol–water partition coefficient (Wildman–Crippen LogP) is 9.13. The van der Waals surface area contributed by atoms with Crippen molar-refractivity contribution < 1.29 is 22.8 Å². The molecule has 242 valence electrons. The quantitative estimate of drug-likeness (QED) is 0.159. The number of carbonyl (C=O) groups is 1. The first kappa shape index (κ1) is 34.6. The number of nitrogens with zero attached hydrogens (tertiary/aromatic N) is 2. The molecule has 0 bridgehead atoms. The first-order valence-corrected chi connectivity index (χ1v) is 23.5. The van der Waals surface area contributed by atoms with Crippen molar-refractivity contribution in [3.05, 3.63) is 47.7 Å². The number of carbonyl (C=O) groups excluding carboxylic acids is 1. The van der Waals surface area contributed by atoms with Gasteiger partial charge in [-0.05, 0) is 75.0 Å². The first-order chi connectivity index (χ1) is 19.6. The van der Waals surface area contributed by atoms with E-state index in [4.69, 9.17) is 13.5 Å². The van der Waals surface area contributed by atoms with Crippen LogP contribution in [-0.4, -0.2) is 56.9 Å². The van der Waals surface area contributed by atoms with Gasteiger partial charge in [-0.25, -0.2) is 4.57 Å². The van der Waals surface area contributed by atoms with Crippen LogP contribution in [0.3, 0.4) is 0 Å². The fourth-order valence-electron chi connectivity index (χ4n) is 6.41. The van der Waals surface area contributed by atoms with Gasteiger partial charge in [0.05, 0.1) is 12.0 Å². The lowest BCUT2D eigenvalue weighted by Crippen LogP contribution is -2.76. The fourth-order valence-corrected chi connectivity index (χ4v) is 12.3. The van der Waals surface area contributed by atoms with Gasteiger partial charge in [-0.3, -0.25) is 9.32 Å². The Bertz CT molecular complexity index is 1260. The summed E-state index contributed by atoms with van der Waals surface area (Å²) in [6, 6.07) is 9.77. The minimum Gasteiger partial charge on any atom is -0.418 e. The van der Waals surface area contributed by atoms with Gasteiger partial charge in [0.2, 0.25) is 5.91 Å². The number of rotatable bonds is 8. The van der Waals surface area contributed by atoms with Crippen LogP contribution in [0.5, 0.6) is 0 Å². The van der Waals surface area contributed by atoms with Crippen molar-refractivity contribution >= 4 is 30.2 Å². The van der Waals surface area contributed by atoms with Crippen LogP contribution >= 0.6 is 7.75 Å². The molecule has 0 aromatic heterocycles. The van der Waals surface area contributed by atoms with Gasteiger partial charge in [-0.15, -0.1) is 0 Å². The normalized spacial score (nSPS) is 31.9. The molecule has 0 saturated carbocycles. The Balaban J connectivity index is 1.69. The number of amides is 1. The Morgan fingerprint density at radius 1 is 1.02 bits per heavy atom. The summed E-state index contributed by atoms with van der Waals surface area (Å²) in [7, 11) is -6.16. The summed E-state index contributed by atoms with van der Waals surface area (Å²) < 4.78 is 38.2. The number of hydrogen-bond donors (Lipinski definition) is 0. The highest BCUT2D eigenvalue weighted by atomic mass is 31.2. The summed E-state index contributed by atoms with van der Waals surface area (Å²) in [6.45, 7) is 26.7. The number of allylic oxidation sites excluding steroid dienone is 1. The van der Waals surface area contributed by atoms with Crippen molar-refractivity contribution in [2.75, 3.05) is 7.05 Å². The molecule has 1 amide bonds. The zero-order valence-electron chi connectivity index (χ0n) is 28.9. The molecular formula is C33H57N2O5PSi2. The Morgan fingerprint density at radius 2 is 1.63 bits per heavy atom. The van der Waals surface area contributed by atoms with Crippen molar-refractivity contribution in [2.24, 2.45) is 11.8 Å². The minimum atomic E-state index is -3.63. The molecule has 0 spiro atoms. The fraction of sp³-hybridized carbons (Fsp3) is 0.727. The molecule has 0 radical (unpaired) electrons. The van der Waals surface area contributed by atoms with Crippen molar-refractivity contribution in [1.29, 1.82) is 0 Å². The van der Waals surface area contributed by atoms with E-state index >= 15 is 0 Å². The van der Waals surface area contributed by atoms with Crippen LogP contribution in [0.4, 0.5) is 0 Å². The van der Waals surface area contributed by atoms with Crippen LogP contribution in [0.15, 0.2) is 42.2 Å². The maximum Gasteiger partial charge on any atom is 0.461 e. The maximum atomic E-state index is 14.4. The van der Waals surface area contributed by atoms with E-state index in [1.54, 1.807) is 4.67 Å². The zero-order chi connectivity index (χ0) is 32.3. The highest BCUT2D eigenvalue weighted by Gasteiger charge is 2.63. The Kier molecular flexibility index (Phi) is 9.55. The Labute approximate surface area is 263 Å². The van der Waals surface area contributed by atoms with E-state index in [2.05, 4.69) is 85.3 Å². The molecule has 7 atom stereocenters. The van der Waals surface area contributed by atoms with Gasteiger partial charge in [0.25, 0.3) is 0 Å². The molecular weight excluding hydrogens is 592 g/mol. The minimum absolute atomic E-state index is 0.0192. The molecule has 7 nitrogen and oxygen atoms in total. The summed E-state index contributed by atoms with van der Waals surface area (Å²) in [5.74, 6) is 0.585. The van der Waals surface area contributed by atoms with Gasteiger partial charge in [0.15, 0.2) is 16.6 Å². The van der Waals surface area contributed by atoms with E-state index in [1.807, 2.05) is 44.3 Å². The molecule has 1 aliphatic carbocycles. The first-order valence-electron chi connectivity index (χ1n) is 16.1. The van der Waals surface area contributed by atoms with Gasteiger partial charge in [0, 0.05) is 18.0 Å². The highest BCUT2D eigenvalue weighted by molar-refractivity contribution is 7.51. The number of likely N-dealkylation sites (N-methyl/N-ethyl adjacent to an activating group) is 1. The summed E-state index contributed by atoms with van der Waals surface area (Å²) in [5.41, 5.74) is 0.989. The second kappa shape index (κ2) is 11.9. The Morgan fingerprint density at radius 3 is 2.19 bits per heavy atom. The van der Waals surface area contributed by atoms with Gasteiger partial charge in [0.1, 0.15) is 11.9 Å². The third-order valence-electron chi connectivity index (χ3n) is 11.3. The lowest BCUT2D eigenvalue weighted by molar-refractivity contribution is -0.158. The molecule has 3 aliphatic rings. The standard InChI is InChI=1S/C33H57N2O5PSi2/c1-23-30(25-19-15-14-16-20-25)39-41(37,34(23)9)38-27-22-18-17-21-26(27)29-28(24(2)40-43(12,13)33(6,7)8)31(36)35(29)42(10,11)32(3,4)5/h14-16,19-20,22-24,26,28-30H,17-18,21H2,1-13H3/t23-,24+,26-,28+,29+,30-,41+/m0/s1. The molecule has 0 unspecified atom stereocenters. The number of hydrogen-bond acceptors (Lipinski definition) is 5. The number of β-lactam (4-membered cyclic amide) rings is 1. The van der Waals surface area contributed by atoms with Crippen molar-refractivity contribution in [2.45, 2.75) is 135 Å². The van der Waals surface area contributed by atoms with Crippen LogP contribution in [-0.2, 0) is 22.8 Å². The van der Waals surface area contributed by atoms with E-state index in [1.165, 1.54) is 0 Å². The molecule has 10 heteroatoms. The van der Waals surface area contributed by atoms with Crippen molar-refractivity contribution in [1.82, 2.24) is 9.24 Å². The van der Waals surface area contributed by atoms with Gasteiger partial charge >= 0.3 is 7.75 Å². The zero-order valence-corrected chi connectivity index (χ0v) is 31.8. The average Bonchev–Trinajstić information content (AvgIpc) is 3.10. The second-order valence-electron chi connectivity index (χ2n) is 16.1. The van der Waals surface area contributed by atoms with E-state index in [0.717, 1.165) is 24.8 Å². The second-order valence-corrected chi connectivity index (χ2v) is 27.9. The topological polar surface area (TPSA) is 68.3 Å². The van der Waals surface area contributed by atoms with E-state index < -0.39 is 24.3 Å². The molecule has 2 saturated heterocycles. The molecule has 43 heavy (non-hydrogen) atoms. The summed E-state index contributed by atoms with van der Waals surface area (Å²) in [6.07, 6.45) is 4.27. The van der Waals surface area contributed by atoms with Gasteiger partial charge in [-0.1, -0.05) is 85.0 Å². The van der Waals surface area contributed by atoms with Crippen LogP contribution in [0, 0.1) is 11.8 Å². The van der Waals surface area contributed by atoms with E-state index in [0.29, 0.717) is 5.76 Å². The van der Waals surface area contributed by atoms with Crippen LogP contribution < -0.4 is 0 Å². The third kappa shape index (κ3) is 6.28. The lowest BCUT2D eigenvalue weighted by atomic mass is 9.74. The monoisotopic (exact) mass is 648 g/mol. The van der Waals surface area contributed by atoms with E-state index in [9.17, 15) is 9.36 Å². The smallest absolute Gasteiger partial charge is 0.418 e. The molecule has 2 fully saturated rings. The Hall–Kier alpha value is -1.23. The molecule has 1 aromatic carbocycles. The van der Waals surface area contributed by atoms with Crippen LogP contribution in [0.25, 0.3) is 0 Å². The third-order valence-corrected chi connectivity index (χ3v) is 23.3. The average molecular weight is 649 g/mol. The van der Waals surface area contributed by atoms with Gasteiger partial charge in [-0.2, -0.15) is 4.67 Å². The molecule has 2 heterocycles. The largest absolute Gasteiger partial charge is 0.461 e. The number of benzene rings is 1. The molecule has 4 rings (SSSR count). The summed E-state index contributed by atoms with van der Waals surface area (Å²) in [5, 5.41) is 0.0200. The van der Waals surface area contributed by atoms with Gasteiger partial charge < -0.3 is 13.5 Å². The van der Waals surface area contributed by atoms with Crippen LogP contribution in [0.2, 0.25) is 36.3 Å². The lowest BCUT2D eigenvalue weighted by Gasteiger charge is -2.62. The summed E-state index contributed by atoms with van der Waals surface area (Å²) in [4.78, 5) is 14.2. The van der Waals surface area contributed by atoms with E-state index in [-0.39, 0.29) is 52.1 Å². The SMILES string of the molecule is C[C@@H](O[Si](C)(C)C(C)(C)C)[C@H]1C(=O)N([Si](C)(C)C(C)(C)C)[C@@H]1[C@H]1CCCC=C1O[P@@]1(=O)O[C@H](c2ccccc2)[C@H](C)N1C. The summed E-state index contributed by atoms with van der Waals surface area (Å²) >= 11 is 0. The van der Waals surface area contributed by atoms with Crippen LogP contribution in [0.1, 0.15) is 86.3 Å². The van der Waals surface area contributed by atoms with Crippen molar-refractivity contribution in [3.8, 4) is 0 Å². The maximum absolute atomic E-state index is 14.4. The highest BCUT2D eigenvalue weighted by Crippen LogP contribution is 2.65. The molecule has 0 N–H and O–H groups in total. The molecule has 2 aliphatic heterocycles. The van der Waals surface area contributed by atoms with Crippen molar-refractivity contribution in [3.63, 3.8) is 0 Å². The molecule has 1 aromatic rings. The predicted molar refractivity (Wildman–Crippen MR) is 181 cm³/mol.